The number of aryl methyl sites for hydroxylation is 1. The van der Waals surface area contributed by atoms with Crippen molar-refractivity contribution in [3.05, 3.63) is 84.1 Å². The van der Waals surface area contributed by atoms with Crippen molar-refractivity contribution in [1.82, 2.24) is 25.5 Å². The Labute approximate surface area is 213 Å². The van der Waals surface area contributed by atoms with E-state index in [1.165, 1.54) is 29.2 Å². The lowest BCUT2D eigenvalue weighted by atomic mass is 10.1. The van der Waals surface area contributed by atoms with Crippen molar-refractivity contribution in [2.45, 2.75) is 51.2 Å². The van der Waals surface area contributed by atoms with Gasteiger partial charge in [-0.05, 0) is 73.5 Å². The van der Waals surface area contributed by atoms with E-state index in [4.69, 9.17) is 4.42 Å². The highest BCUT2D eigenvalue weighted by Crippen LogP contribution is 2.30. The predicted octanol–water partition coefficient (Wildman–Crippen LogP) is 4.21. The molecule has 0 unspecified atom stereocenters. The number of rotatable bonds is 8. The maximum atomic E-state index is 13.8. The topological polar surface area (TPSA) is 106 Å². The molecule has 0 spiro atoms. The molecule has 10 heteroatoms. The smallest absolute Gasteiger partial charge is 0.251 e. The zero-order valence-electron chi connectivity index (χ0n) is 20.4. The molecule has 9 nitrogen and oxygen atoms in total. The largest absolute Gasteiger partial charge is 0.464 e. The lowest BCUT2D eigenvalue weighted by Crippen LogP contribution is -2.47. The zero-order valence-corrected chi connectivity index (χ0v) is 20.4. The molecule has 0 bridgehead atoms. The van der Waals surface area contributed by atoms with Gasteiger partial charge in [-0.15, -0.1) is 10.2 Å². The Morgan fingerprint density at radius 1 is 1.08 bits per heavy atom. The van der Waals surface area contributed by atoms with Crippen molar-refractivity contribution in [2.75, 3.05) is 4.90 Å². The minimum absolute atomic E-state index is 0.0639. The first-order chi connectivity index (χ1) is 18.0. The quantitative estimate of drug-likeness (QED) is 0.387. The first-order valence-corrected chi connectivity index (χ1v) is 12.3. The molecule has 37 heavy (non-hydrogen) atoms. The maximum absolute atomic E-state index is 13.8. The fourth-order valence-corrected chi connectivity index (χ4v) is 4.57. The molecule has 2 aromatic heterocycles. The Kier molecular flexibility index (Phi) is 7.07. The number of tetrazole rings is 1. The van der Waals surface area contributed by atoms with Crippen LogP contribution in [0.1, 0.15) is 43.2 Å². The Morgan fingerprint density at radius 2 is 1.81 bits per heavy atom. The number of carbonyl (C=O) groups excluding carboxylic acids is 2. The van der Waals surface area contributed by atoms with Gasteiger partial charge in [-0.3, -0.25) is 14.5 Å². The van der Waals surface area contributed by atoms with Crippen molar-refractivity contribution < 1.29 is 18.4 Å². The van der Waals surface area contributed by atoms with Gasteiger partial charge in [0.1, 0.15) is 23.9 Å². The number of para-hydroxylation sites is 1. The second kappa shape index (κ2) is 10.7. The lowest BCUT2D eigenvalue weighted by Gasteiger charge is -2.30. The van der Waals surface area contributed by atoms with Crippen LogP contribution in [0.15, 0.2) is 71.1 Å². The molecule has 0 saturated heterocycles. The van der Waals surface area contributed by atoms with Gasteiger partial charge in [0.05, 0.1) is 0 Å². The van der Waals surface area contributed by atoms with Crippen LogP contribution < -0.4 is 10.2 Å². The molecule has 1 fully saturated rings. The van der Waals surface area contributed by atoms with E-state index in [0.29, 0.717) is 22.8 Å². The molecule has 1 N–H and O–H groups in total. The first kappa shape index (κ1) is 24.4. The van der Waals surface area contributed by atoms with Crippen LogP contribution in [0, 0.1) is 12.7 Å². The minimum Gasteiger partial charge on any atom is -0.464 e. The summed E-state index contributed by atoms with van der Waals surface area (Å²) in [4.78, 5) is 30.0. The zero-order chi connectivity index (χ0) is 25.8. The lowest BCUT2D eigenvalue weighted by molar-refractivity contribution is -0.128. The molecule has 0 radical (unpaired) electrons. The number of aromatic nitrogens is 4. The number of anilines is 1. The van der Waals surface area contributed by atoms with E-state index in [2.05, 4.69) is 20.7 Å². The normalized spacial score (nSPS) is 14.4. The van der Waals surface area contributed by atoms with E-state index in [9.17, 15) is 14.0 Å². The number of carbonyl (C=O) groups is 2. The van der Waals surface area contributed by atoms with Crippen LogP contribution in [-0.2, 0) is 16.1 Å². The predicted molar refractivity (Wildman–Crippen MR) is 134 cm³/mol. The summed E-state index contributed by atoms with van der Waals surface area (Å²) in [6, 6.07) is 17.2. The monoisotopic (exact) mass is 502 g/mol. The van der Waals surface area contributed by atoms with E-state index < -0.39 is 11.9 Å². The molecule has 1 saturated carbocycles. The molecule has 0 aliphatic heterocycles. The highest BCUT2D eigenvalue weighted by Gasteiger charge is 2.36. The van der Waals surface area contributed by atoms with Crippen LogP contribution in [0.2, 0.25) is 0 Å². The molecule has 190 valence electrons. The molecule has 2 heterocycles. The van der Waals surface area contributed by atoms with Crippen molar-refractivity contribution in [2.24, 2.45) is 0 Å². The molecule has 2 amide bonds. The second-order valence-electron chi connectivity index (χ2n) is 9.09. The molecular formula is C27H27FN6O3. The van der Waals surface area contributed by atoms with Crippen LogP contribution >= 0.6 is 0 Å². The van der Waals surface area contributed by atoms with Crippen LogP contribution in [0.3, 0.4) is 0 Å². The van der Waals surface area contributed by atoms with E-state index in [0.717, 1.165) is 30.5 Å². The van der Waals surface area contributed by atoms with Crippen LogP contribution in [0.4, 0.5) is 10.1 Å². The summed E-state index contributed by atoms with van der Waals surface area (Å²) in [5.74, 6) is 0.155. The molecule has 1 aliphatic carbocycles. The van der Waals surface area contributed by atoms with E-state index >= 15 is 0 Å². The molecule has 1 atom stereocenters. The summed E-state index contributed by atoms with van der Waals surface area (Å²) >= 11 is 0. The summed E-state index contributed by atoms with van der Waals surface area (Å²) in [6.45, 7) is 1.52. The van der Waals surface area contributed by atoms with Crippen LogP contribution in [0.5, 0.6) is 0 Å². The first-order valence-electron chi connectivity index (χ1n) is 12.3. The van der Waals surface area contributed by atoms with E-state index in [-0.39, 0.29) is 30.1 Å². The van der Waals surface area contributed by atoms with Gasteiger partial charge >= 0.3 is 0 Å². The Hall–Kier alpha value is -4.34. The number of halogens is 1. The van der Waals surface area contributed by atoms with E-state index in [1.807, 2.05) is 6.07 Å². The van der Waals surface area contributed by atoms with Crippen LogP contribution in [0.25, 0.3) is 11.4 Å². The summed E-state index contributed by atoms with van der Waals surface area (Å²) in [5, 5.41) is 15.4. The van der Waals surface area contributed by atoms with Gasteiger partial charge in [0.25, 0.3) is 11.8 Å². The molecule has 1 aliphatic rings. The number of nitrogens with one attached hydrogen (secondary N) is 1. The summed E-state index contributed by atoms with van der Waals surface area (Å²) in [6.07, 6.45) is 3.93. The maximum Gasteiger partial charge on any atom is 0.251 e. The molecular weight excluding hydrogens is 475 g/mol. The van der Waals surface area contributed by atoms with Crippen molar-refractivity contribution >= 4 is 17.5 Å². The number of benzene rings is 2. The Balaban J connectivity index is 1.46. The second-order valence-corrected chi connectivity index (χ2v) is 9.09. The summed E-state index contributed by atoms with van der Waals surface area (Å²) in [7, 11) is 0. The van der Waals surface area contributed by atoms with Gasteiger partial charge < -0.3 is 9.73 Å². The number of furan rings is 1. The average molecular weight is 503 g/mol. The summed E-state index contributed by atoms with van der Waals surface area (Å²) in [5.41, 5.74) is 1.10. The number of amides is 2. The molecule has 5 rings (SSSR count). The van der Waals surface area contributed by atoms with Gasteiger partial charge in [0, 0.05) is 17.3 Å². The third kappa shape index (κ3) is 5.58. The van der Waals surface area contributed by atoms with Crippen LogP contribution in [-0.4, -0.2) is 38.1 Å². The number of nitrogens with zero attached hydrogens (tertiary/aromatic N) is 5. The molecule has 2 aromatic carbocycles. The highest BCUT2D eigenvalue weighted by atomic mass is 19.1. The fraction of sp³-hybridized carbons (Fsp3) is 0.296. The summed E-state index contributed by atoms with van der Waals surface area (Å²) < 4.78 is 19.2. The van der Waals surface area contributed by atoms with Gasteiger partial charge in [0.2, 0.25) is 5.82 Å². The van der Waals surface area contributed by atoms with Gasteiger partial charge in [0.15, 0.2) is 6.04 Å². The Bertz CT molecular complexity index is 1360. The van der Waals surface area contributed by atoms with Crippen molar-refractivity contribution in [3.63, 3.8) is 0 Å². The number of hydrogen-bond donors (Lipinski definition) is 1. The minimum atomic E-state index is -1.02. The van der Waals surface area contributed by atoms with Crippen molar-refractivity contribution in [3.8, 4) is 11.4 Å². The van der Waals surface area contributed by atoms with Crippen molar-refractivity contribution in [1.29, 1.82) is 0 Å². The number of hydrogen-bond acceptors (Lipinski definition) is 6. The molecule has 4 aromatic rings. The third-order valence-corrected chi connectivity index (χ3v) is 6.37. The fourth-order valence-electron chi connectivity index (χ4n) is 4.57. The van der Waals surface area contributed by atoms with E-state index in [1.54, 1.807) is 43.3 Å². The average Bonchev–Trinajstić information content (AvgIpc) is 3.66. The SMILES string of the molecule is Cc1ccc([C@@H](C(=O)NC2CCCC2)N(C(=O)Cn2nnc(-c3ccc(F)cc3)n2)c2ccccc2)o1. The van der Waals surface area contributed by atoms with Gasteiger partial charge in [-0.25, -0.2) is 4.39 Å². The third-order valence-electron chi connectivity index (χ3n) is 6.37. The standard InChI is InChI=1S/C27H27FN6O3/c1-18-11-16-23(37-18)25(27(36)29-21-7-5-6-8-21)34(22-9-3-2-4-10-22)24(35)17-33-31-26(30-32-33)19-12-14-20(28)15-13-19/h2-4,9-16,21,25H,5-8,17H2,1H3,(H,29,36)/t25-/m0/s1. The van der Waals surface area contributed by atoms with Gasteiger partial charge in [-0.2, -0.15) is 4.80 Å². The Morgan fingerprint density at radius 3 is 2.49 bits per heavy atom. The highest BCUT2D eigenvalue weighted by molar-refractivity contribution is 6.01. The van der Waals surface area contributed by atoms with Gasteiger partial charge in [-0.1, -0.05) is 31.0 Å².